The molecule has 4 rings (SSSR count). The van der Waals surface area contributed by atoms with Gasteiger partial charge in [0.15, 0.2) is 0 Å². The number of rotatable bonds is 7. The lowest BCUT2D eigenvalue weighted by atomic mass is 10.0. The average molecular weight is 453 g/mol. The molecule has 0 saturated carbocycles. The van der Waals surface area contributed by atoms with Crippen LogP contribution in [0.4, 0.5) is 0 Å². The van der Waals surface area contributed by atoms with Crippen LogP contribution in [0.3, 0.4) is 0 Å². The third-order valence-corrected chi connectivity index (χ3v) is 11.3. The topological polar surface area (TPSA) is 29.5 Å². The van der Waals surface area contributed by atoms with Crippen molar-refractivity contribution >= 4 is 18.7 Å². The van der Waals surface area contributed by atoms with Crippen molar-refractivity contribution < 1.29 is 9.53 Å². The number of benzene rings is 4. The number of hydrogen-bond acceptors (Lipinski definition) is 2. The van der Waals surface area contributed by atoms with Gasteiger partial charge in [-0.15, -0.1) is 0 Å². The van der Waals surface area contributed by atoms with Gasteiger partial charge in [0.2, 0.25) is 0 Å². The maximum atomic E-state index is 10.7. The molecule has 0 aliphatic rings. The lowest BCUT2D eigenvalue weighted by Gasteiger charge is -2.43. The largest absolute Gasteiger partial charge is 0.403 e. The molecule has 0 amide bonds. The summed E-state index contributed by atoms with van der Waals surface area (Å²) in [5, 5.41) is 13.2. The van der Waals surface area contributed by atoms with Gasteiger partial charge < -0.3 is 9.53 Å². The summed E-state index contributed by atoms with van der Waals surface area (Å²) in [6, 6.07) is 39.3. The first-order valence-corrected chi connectivity index (χ1v) is 13.4. The molecule has 0 bridgehead atoms. The fraction of sp³-hybridized carbons (Fsp3) is 0.200. The van der Waals surface area contributed by atoms with Crippen molar-refractivity contribution in [1.82, 2.24) is 0 Å². The van der Waals surface area contributed by atoms with Gasteiger partial charge in [-0.1, -0.05) is 136 Å². The second kappa shape index (κ2) is 9.88. The Labute approximate surface area is 198 Å². The minimum atomic E-state index is -2.57. The molecule has 2 nitrogen and oxygen atoms in total. The quantitative estimate of drug-likeness (QED) is 0.357. The van der Waals surface area contributed by atoms with E-state index in [4.69, 9.17) is 4.43 Å². The Morgan fingerprint density at radius 1 is 0.636 bits per heavy atom. The van der Waals surface area contributed by atoms with Crippen molar-refractivity contribution in [2.24, 2.45) is 0 Å². The summed E-state index contributed by atoms with van der Waals surface area (Å²) in [6.45, 7) is 7.39. The van der Waals surface area contributed by atoms with Crippen LogP contribution in [0.2, 0.25) is 5.04 Å². The van der Waals surface area contributed by atoms with Gasteiger partial charge in [-0.05, 0) is 32.1 Å². The molecule has 0 radical (unpaired) electrons. The van der Waals surface area contributed by atoms with Gasteiger partial charge in [-0.25, -0.2) is 0 Å². The van der Waals surface area contributed by atoms with Gasteiger partial charge in [0.1, 0.15) is 6.10 Å². The lowest BCUT2D eigenvalue weighted by molar-refractivity contribution is 0.220. The highest BCUT2D eigenvalue weighted by molar-refractivity contribution is 6.99. The van der Waals surface area contributed by atoms with Crippen LogP contribution in [0.5, 0.6) is 0 Å². The molecule has 0 aromatic heterocycles. The van der Waals surface area contributed by atoms with E-state index in [0.717, 1.165) is 16.7 Å². The first kappa shape index (κ1) is 23.2. The summed E-state index contributed by atoms with van der Waals surface area (Å²) in [7, 11) is -2.57. The van der Waals surface area contributed by atoms with Crippen LogP contribution >= 0.6 is 0 Å². The van der Waals surface area contributed by atoms with Crippen molar-refractivity contribution in [3.8, 4) is 0 Å². The van der Waals surface area contributed by atoms with Crippen molar-refractivity contribution in [1.29, 1.82) is 0 Å². The lowest BCUT2D eigenvalue weighted by Crippen LogP contribution is -2.66. The summed E-state index contributed by atoms with van der Waals surface area (Å²) in [5.41, 5.74) is 2.89. The molecule has 0 aliphatic heterocycles. The number of aliphatic hydroxyl groups is 1. The first-order chi connectivity index (χ1) is 15.9. The van der Waals surface area contributed by atoms with E-state index in [1.807, 2.05) is 42.5 Å². The minimum Gasteiger partial charge on any atom is -0.403 e. The van der Waals surface area contributed by atoms with Crippen LogP contribution in [-0.4, -0.2) is 13.4 Å². The van der Waals surface area contributed by atoms with Crippen molar-refractivity contribution in [2.75, 3.05) is 0 Å². The molecule has 0 saturated heterocycles. The summed E-state index contributed by atoms with van der Waals surface area (Å²) in [5.74, 6) is 0. The molecule has 4 aromatic rings. The SMILES string of the molecule is CC(C)(C)[Si](OCc1ccc(C(O)c2ccccc2)cc1)(c1ccccc1)c1ccccc1. The Kier molecular flexibility index (Phi) is 6.94. The Balaban J connectivity index is 1.64. The van der Waals surface area contributed by atoms with Crippen LogP contribution in [0.25, 0.3) is 0 Å². The van der Waals surface area contributed by atoms with Crippen LogP contribution < -0.4 is 10.4 Å². The predicted molar refractivity (Wildman–Crippen MR) is 139 cm³/mol. The van der Waals surface area contributed by atoms with Crippen molar-refractivity contribution in [3.05, 3.63) is 132 Å². The van der Waals surface area contributed by atoms with E-state index in [1.165, 1.54) is 10.4 Å². The van der Waals surface area contributed by atoms with E-state index < -0.39 is 14.4 Å². The zero-order valence-electron chi connectivity index (χ0n) is 19.6. The highest BCUT2D eigenvalue weighted by Crippen LogP contribution is 2.37. The van der Waals surface area contributed by atoms with Gasteiger partial charge in [0, 0.05) is 0 Å². The predicted octanol–water partition coefficient (Wildman–Crippen LogP) is 5.84. The molecule has 0 fully saturated rings. The van der Waals surface area contributed by atoms with Gasteiger partial charge in [0.05, 0.1) is 6.61 Å². The Morgan fingerprint density at radius 2 is 1.06 bits per heavy atom. The zero-order valence-corrected chi connectivity index (χ0v) is 20.6. The normalized spacial score (nSPS) is 13.0. The van der Waals surface area contributed by atoms with Crippen LogP contribution in [-0.2, 0) is 11.0 Å². The number of hydrogen-bond donors (Lipinski definition) is 1. The Morgan fingerprint density at radius 3 is 1.52 bits per heavy atom. The molecule has 1 N–H and O–H groups in total. The minimum absolute atomic E-state index is 0.0564. The molecular formula is C30H32O2Si. The highest BCUT2D eigenvalue weighted by Gasteiger charge is 2.50. The van der Waals surface area contributed by atoms with Crippen LogP contribution in [0, 0.1) is 0 Å². The molecule has 168 valence electrons. The van der Waals surface area contributed by atoms with Crippen molar-refractivity contribution in [3.63, 3.8) is 0 Å². The Bertz CT molecular complexity index is 1100. The summed E-state index contributed by atoms with van der Waals surface area (Å²) in [6.07, 6.45) is -0.627. The molecule has 1 unspecified atom stereocenters. The van der Waals surface area contributed by atoms with Crippen LogP contribution in [0.15, 0.2) is 115 Å². The zero-order chi connectivity index (χ0) is 23.3. The fourth-order valence-electron chi connectivity index (χ4n) is 4.58. The van der Waals surface area contributed by atoms with E-state index in [9.17, 15) is 5.11 Å². The smallest absolute Gasteiger partial charge is 0.261 e. The molecule has 0 heterocycles. The molecular weight excluding hydrogens is 420 g/mol. The van der Waals surface area contributed by atoms with E-state index in [1.54, 1.807) is 0 Å². The first-order valence-electron chi connectivity index (χ1n) is 11.5. The monoisotopic (exact) mass is 452 g/mol. The molecule has 1 atom stereocenters. The Hall–Kier alpha value is -2.98. The highest BCUT2D eigenvalue weighted by atomic mass is 28.4. The summed E-state index contributed by atoms with van der Waals surface area (Å²) in [4.78, 5) is 0. The second-order valence-electron chi connectivity index (χ2n) is 9.51. The third kappa shape index (κ3) is 4.86. The maximum absolute atomic E-state index is 10.7. The summed E-state index contributed by atoms with van der Waals surface area (Å²) < 4.78 is 7.01. The summed E-state index contributed by atoms with van der Waals surface area (Å²) >= 11 is 0. The van der Waals surface area contributed by atoms with Crippen molar-refractivity contribution in [2.45, 2.75) is 38.5 Å². The van der Waals surface area contributed by atoms with Gasteiger partial charge in [-0.2, -0.15) is 0 Å². The average Bonchev–Trinajstić information content (AvgIpc) is 2.85. The standard InChI is InChI=1S/C30H32O2Si/c1-30(2,3)33(27-15-9-5-10-16-27,28-17-11-6-12-18-28)32-23-24-19-21-26(22-20-24)29(31)25-13-7-4-8-14-25/h4-22,29,31H,23H2,1-3H3. The van der Waals surface area contributed by atoms with Gasteiger partial charge in [0.25, 0.3) is 8.32 Å². The number of aliphatic hydroxyl groups excluding tert-OH is 1. The van der Waals surface area contributed by atoms with Crippen LogP contribution in [0.1, 0.15) is 43.6 Å². The molecule has 0 spiro atoms. The maximum Gasteiger partial charge on any atom is 0.261 e. The van der Waals surface area contributed by atoms with Gasteiger partial charge in [-0.3, -0.25) is 0 Å². The molecule has 0 aliphatic carbocycles. The van der Waals surface area contributed by atoms with E-state index in [-0.39, 0.29) is 5.04 Å². The molecule has 33 heavy (non-hydrogen) atoms. The fourth-order valence-corrected chi connectivity index (χ4v) is 9.12. The van der Waals surface area contributed by atoms with E-state index in [0.29, 0.717) is 6.61 Å². The van der Waals surface area contributed by atoms with Gasteiger partial charge >= 0.3 is 0 Å². The molecule has 4 aromatic carbocycles. The van der Waals surface area contributed by atoms with E-state index in [2.05, 4.69) is 93.6 Å². The third-order valence-electron chi connectivity index (χ3n) is 6.28. The second-order valence-corrected chi connectivity index (χ2v) is 13.8. The molecule has 3 heteroatoms. The van der Waals surface area contributed by atoms with E-state index >= 15 is 0 Å².